The summed E-state index contributed by atoms with van der Waals surface area (Å²) in [6.45, 7) is 5.88. The average molecular weight is 169 g/mol. The Morgan fingerprint density at radius 3 is 2.25 bits per heavy atom. The van der Waals surface area contributed by atoms with Gasteiger partial charge in [-0.25, -0.2) is 0 Å². The van der Waals surface area contributed by atoms with Crippen molar-refractivity contribution in [3.8, 4) is 0 Å². The van der Waals surface area contributed by atoms with Gasteiger partial charge >= 0.3 is 0 Å². The van der Waals surface area contributed by atoms with Gasteiger partial charge in [-0.15, -0.1) is 0 Å². The zero-order chi connectivity index (χ0) is 9.30. The number of rotatable bonds is 1. The summed E-state index contributed by atoms with van der Waals surface area (Å²) in [7, 11) is 0. The monoisotopic (exact) mass is 169 g/mol. The van der Waals surface area contributed by atoms with Gasteiger partial charge in [-0.2, -0.15) is 0 Å². The van der Waals surface area contributed by atoms with Gasteiger partial charge in [-0.1, -0.05) is 6.92 Å². The standard InChI is InChI=1S/C9H15NO2/c1-6-4-9(7(2)11)10(5-6)8(3)12/h6,9H,4-5H2,1-3H3. The Kier molecular flexibility index (Phi) is 2.50. The van der Waals surface area contributed by atoms with E-state index in [0.29, 0.717) is 5.92 Å². The van der Waals surface area contributed by atoms with Crippen LogP contribution in [0.25, 0.3) is 0 Å². The molecule has 2 unspecified atom stereocenters. The largest absolute Gasteiger partial charge is 0.333 e. The second-order valence-electron chi connectivity index (χ2n) is 3.64. The quantitative estimate of drug-likeness (QED) is 0.583. The van der Waals surface area contributed by atoms with Crippen molar-refractivity contribution in [3.05, 3.63) is 0 Å². The van der Waals surface area contributed by atoms with Crippen molar-refractivity contribution in [2.75, 3.05) is 6.54 Å². The first-order chi connectivity index (χ1) is 5.52. The van der Waals surface area contributed by atoms with Crippen molar-refractivity contribution in [2.24, 2.45) is 5.92 Å². The lowest BCUT2D eigenvalue weighted by molar-refractivity contribution is -0.135. The Balaban J connectivity index is 2.72. The summed E-state index contributed by atoms with van der Waals surface area (Å²) in [6.07, 6.45) is 0.828. The fraction of sp³-hybridized carbons (Fsp3) is 0.778. The van der Waals surface area contributed by atoms with Crippen LogP contribution in [0.4, 0.5) is 0 Å². The van der Waals surface area contributed by atoms with Crippen LogP contribution in [0.1, 0.15) is 27.2 Å². The van der Waals surface area contributed by atoms with Gasteiger partial charge in [0.05, 0.1) is 6.04 Å². The Morgan fingerprint density at radius 1 is 1.33 bits per heavy atom. The Morgan fingerprint density at radius 2 is 1.92 bits per heavy atom. The molecule has 3 nitrogen and oxygen atoms in total. The molecule has 0 radical (unpaired) electrons. The van der Waals surface area contributed by atoms with E-state index in [-0.39, 0.29) is 17.7 Å². The fourth-order valence-corrected chi connectivity index (χ4v) is 1.78. The molecule has 1 aliphatic rings. The van der Waals surface area contributed by atoms with Crippen LogP contribution in [0.2, 0.25) is 0 Å². The summed E-state index contributed by atoms with van der Waals surface area (Å²) < 4.78 is 0. The van der Waals surface area contributed by atoms with Crippen molar-refractivity contribution >= 4 is 11.7 Å². The molecule has 3 heteroatoms. The molecule has 2 atom stereocenters. The SMILES string of the molecule is CC(=O)C1CC(C)CN1C(C)=O. The molecule has 1 amide bonds. The lowest BCUT2D eigenvalue weighted by atomic mass is 10.1. The smallest absolute Gasteiger partial charge is 0.220 e. The highest BCUT2D eigenvalue weighted by molar-refractivity contribution is 5.87. The van der Waals surface area contributed by atoms with Gasteiger partial charge in [-0.05, 0) is 19.3 Å². The van der Waals surface area contributed by atoms with Crippen LogP contribution in [-0.4, -0.2) is 29.2 Å². The molecule has 0 aromatic heterocycles. The first kappa shape index (κ1) is 9.23. The van der Waals surface area contributed by atoms with Crippen molar-refractivity contribution in [1.82, 2.24) is 4.90 Å². The van der Waals surface area contributed by atoms with Crippen LogP contribution in [-0.2, 0) is 9.59 Å². The predicted molar refractivity (Wildman–Crippen MR) is 45.6 cm³/mol. The van der Waals surface area contributed by atoms with E-state index in [9.17, 15) is 9.59 Å². The molecule has 0 bridgehead atoms. The molecule has 0 aliphatic carbocycles. The van der Waals surface area contributed by atoms with Gasteiger partial charge in [0.1, 0.15) is 0 Å². The minimum Gasteiger partial charge on any atom is -0.333 e. The molecule has 0 aromatic carbocycles. The molecule has 1 fully saturated rings. The maximum Gasteiger partial charge on any atom is 0.220 e. The van der Waals surface area contributed by atoms with E-state index < -0.39 is 0 Å². The van der Waals surface area contributed by atoms with Crippen LogP contribution >= 0.6 is 0 Å². The number of ketones is 1. The molecule has 68 valence electrons. The van der Waals surface area contributed by atoms with Crippen molar-refractivity contribution in [2.45, 2.75) is 33.2 Å². The zero-order valence-corrected chi connectivity index (χ0v) is 7.83. The van der Waals surface area contributed by atoms with E-state index in [1.54, 1.807) is 11.8 Å². The number of carbonyl (C=O) groups excluding carboxylic acids is 2. The van der Waals surface area contributed by atoms with Crippen LogP contribution < -0.4 is 0 Å². The molecule has 0 spiro atoms. The van der Waals surface area contributed by atoms with Crippen molar-refractivity contribution in [1.29, 1.82) is 0 Å². The maximum atomic E-state index is 11.1. The molecule has 1 saturated heterocycles. The van der Waals surface area contributed by atoms with E-state index in [4.69, 9.17) is 0 Å². The first-order valence-electron chi connectivity index (χ1n) is 4.30. The minimum absolute atomic E-state index is 0.0135. The predicted octanol–water partition coefficient (Wildman–Crippen LogP) is 0.832. The highest BCUT2D eigenvalue weighted by Gasteiger charge is 2.33. The normalized spacial score (nSPS) is 29.1. The van der Waals surface area contributed by atoms with Crippen LogP contribution in [0, 0.1) is 5.92 Å². The molecule has 0 N–H and O–H groups in total. The number of carbonyl (C=O) groups is 2. The Bertz CT molecular complexity index is 191. The van der Waals surface area contributed by atoms with Gasteiger partial charge < -0.3 is 4.90 Å². The third-order valence-corrected chi connectivity index (χ3v) is 2.38. The highest BCUT2D eigenvalue weighted by atomic mass is 16.2. The fourth-order valence-electron chi connectivity index (χ4n) is 1.78. The molecular weight excluding hydrogens is 154 g/mol. The molecule has 1 rings (SSSR count). The van der Waals surface area contributed by atoms with Gasteiger partial charge in [-0.3, -0.25) is 9.59 Å². The summed E-state index contributed by atoms with van der Waals surface area (Å²) in [5.74, 6) is 0.580. The first-order valence-corrected chi connectivity index (χ1v) is 4.30. The van der Waals surface area contributed by atoms with E-state index in [1.165, 1.54) is 6.92 Å². The number of hydrogen-bond acceptors (Lipinski definition) is 2. The van der Waals surface area contributed by atoms with Crippen LogP contribution in [0.3, 0.4) is 0 Å². The molecule has 0 saturated carbocycles. The Hall–Kier alpha value is -0.860. The topological polar surface area (TPSA) is 37.4 Å². The van der Waals surface area contributed by atoms with Crippen LogP contribution in [0.5, 0.6) is 0 Å². The Labute approximate surface area is 72.7 Å². The van der Waals surface area contributed by atoms with Gasteiger partial charge in [0.2, 0.25) is 5.91 Å². The number of hydrogen-bond donors (Lipinski definition) is 0. The number of Topliss-reactive ketones (excluding diaryl/α,β-unsaturated/α-hetero) is 1. The third-order valence-electron chi connectivity index (χ3n) is 2.38. The maximum absolute atomic E-state index is 11.1. The van der Waals surface area contributed by atoms with Gasteiger partial charge in [0, 0.05) is 13.5 Å². The van der Waals surface area contributed by atoms with Gasteiger partial charge in [0.15, 0.2) is 5.78 Å². The highest BCUT2D eigenvalue weighted by Crippen LogP contribution is 2.23. The molecule has 1 heterocycles. The zero-order valence-electron chi connectivity index (χ0n) is 7.83. The molecular formula is C9H15NO2. The molecule has 1 aliphatic heterocycles. The van der Waals surface area contributed by atoms with Crippen molar-refractivity contribution < 1.29 is 9.59 Å². The third kappa shape index (κ3) is 1.65. The average Bonchev–Trinajstić information content (AvgIpc) is 2.31. The van der Waals surface area contributed by atoms with E-state index in [2.05, 4.69) is 6.92 Å². The summed E-state index contributed by atoms with van der Waals surface area (Å²) in [4.78, 5) is 23.9. The van der Waals surface area contributed by atoms with E-state index >= 15 is 0 Å². The number of amides is 1. The van der Waals surface area contributed by atoms with E-state index in [1.807, 2.05) is 0 Å². The van der Waals surface area contributed by atoms with Crippen LogP contribution in [0.15, 0.2) is 0 Å². The lowest BCUT2D eigenvalue weighted by Crippen LogP contribution is -2.38. The van der Waals surface area contributed by atoms with Crippen molar-refractivity contribution in [3.63, 3.8) is 0 Å². The number of likely N-dealkylation sites (tertiary alicyclic amines) is 1. The lowest BCUT2D eigenvalue weighted by Gasteiger charge is -2.20. The minimum atomic E-state index is -0.155. The summed E-state index contributed by atoms with van der Waals surface area (Å²) in [5.41, 5.74) is 0. The molecule has 0 aromatic rings. The summed E-state index contributed by atoms with van der Waals surface area (Å²) >= 11 is 0. The van der Waals surface area contributed by atoms with E-state index in [0.717, 1.165) is 13.0 Å². The number of nitrogens with zero attached hydrogens (tertiary/aromatic N) is 1. The second kappa shape index (κ2) is 3.25. The molecule has 12 heavy (non-hydrogen) atoms. The summed E-state index contributed by atoms with van der Waals surface area (Å²) in [6, 6.07) is -0.155. The van der Waals surface area contributed by atoms with Gasteiger partial charge in [0.25, 0.3) is 0 Å². The summed E-state index contributed by atoms with van der Waals surface area (Å²) in [5, 5.41) is 0. The second-order valence-corrected chi connectivity index (χ2v) is 3.64.